The number of urea groups is 1. The van der Waals surface area contributed by atoms with E-state index < -0.39 is 0 Å². The van der Waals surface area contributed by atoms with Crippen LogP contribution in [0.1, 0.15) is 45.0 Å². The van der Waals surface area contributed by atoms with Gasteiger partial charge >= 0.3 is 6.03 Å². The van der Waals surface area contributed by atoms with Crippen molar-refractivity contribution in [1.82, 2.24) is 25.3 Å². The summed E-state index contributed by atoms with van der Waals surface area (Å²) in [6.45, 7) is 14.0. The highest BCUT2D eigenvalue weighted by Crippen LogP contribution is 2.40. The van der Waals surface area contributed by atoms with Crippen molar-refractivity contribution in [3.63, 3.8) is 0 Å². The van der Waals surface area contributed by atoms with Gasteiger partial charge in [0.2, 0.25) is 0 Å². The molecular weight excluding hydrogens is 562 g/mol. The fourth-order valence-corrected chi connectivity index (χ4v) is 6.52. The largest absolute Gasteiger partial charge is 0.366 e. The van der Waals surface area contributed by atoms with Crippen LogP contribution in [0.5, 0.6) is 0 Å². The summed E-state index contributed by atoms with van der Waals surface area (Å²) in [4.78, 5) is 37.9. The zero-order valence-corrected chi connectivity index (χ0v) is 26.7. The summed E-state index contributed by atoms with van der Waals surface area (Å²) in [5.74, 6) is 1.77. The summed E-state index contributed by atoms with van der Waals surface area (Å²) in [6, 6.07) is 17.1. The number of aryl methyl sites for hydroxylation is 2. The van der Waals surface area contributed by atoms with Gasteiger partial charge < -0.3 is 20.4 Å². The maximum Gasteiger partial charge on any atom is 0.323 e. The lowest BCUT2D eigenvalue weighted by molar-refractivity contribution is 0.235. The molecule has 10 nitrogen and oxygen atoms in total. The maximum absolute atomic E-state index is 13.0. The van der Waals surface area contributed by atoms with Crippen LogP contribution in [0.25, 0.3) is 22.5 Å². The highest BCUT2D eigenvalue weighted by atomic mass is 16.2. The molecule has 0 radical (unpaired) electrons. The number of amides is 2. The average Bonchev–Trinajstić information content (AvgIpc) is 3.61. The van der Waals surface area contributed by atoms with E-state index in [1.807, 2.05) is 76.2 Å². The first-order valence-corrected chi connectivity index (χ1v) is 15.9. The predicted molar refractivity (Wildman–Crippen MR) is 180 cm³/mol. The molecule has 4 aromatic heterocycles. The minimum atomic E-state index is -0.286. The van der Waals surface area contributed by atoms with Gasteiger partial charge in [-0.2, -0.15) is 0 Å². The lowest BCUT2D eigenvalue weighted by atomic mass is 10.1. The first-order valence-electron chi connectivity index (χ1n) is 15.9. The minimum absolute atomic E-state index is 0.0722. The Balaban J connectivity index is 0.000000151. The molecule has 4 aliphatic rings. The molecule has 4 aliphatic heterocycles. The Morgan fingerprint density at radius 1 is 0.800 bits per heavy atom. The van der Waals surface area contributed by atoms with Gasteiger partial charge in [-0.15, -0.1) is 0 Å². The normalized spacial score (nSPS) is 19.3. The molecule has 232 valence electrons. The third kappa shape index (κ3) is 5.89. The van der Waals surface area contributed by atoms with Crippen molar-refractivity contribution in [2.75, 3.05) is 46.2 Å². The monoisotopic (exact) mass is 603 g/mol. The molecule has 2 fully saturated rings. The van der Waals surface area contributed by atoms with Gasteiger partial charge in [-0.05, 0) is 96.0 Å². The summed E-state index contributed by atoms with van der Waals surface area (Å²) < 4.78 is 0. The van der Waals surface area contributed by atoms with E-state index in [-0.39, 0.29) is 17.6 Å². The Morgan fingerprint density at radius 2 is 1.42 bits per heavy atom. The number of nitrogens with zero attached hydrogens (tertiary/aromatic N) is 7. The highest BCUT2D eigenvalue weighted by molar-refractivity contribution is 5.97. The van der Waals surface area contributed by atoms with Gasteiger partial charge in [-0.3, -0.25) is 14.9 Å². The molecule has 2 amide bonds. The van der Waals surface area contributed by atoms with Gasteiger partial charge in [-0.25, -0.2) is 14.8 Å². The van der Waals surface area contributed by atoms with Crippen LogP contribution in [0.3, 0.4) is 0 Å². The standard InChI is InChI=1S/C20H25N5O.C15H16N4/c1-13-5-6-14(11-21-13)16-7-8-17-18(22-16)25(15-9-10-24(17)12-15)19(26)23-20(2,3)4;1-10-2-3-11(8-16-10)13-4-5-14-15(18-13)17-12-6-7-19(14)9-12/h5-8,11,15H,9-10,12H2,1-4H3,(H,23,26);2-5,8,12H,6-7,9H2,1H3,(H,17,18)/t15-;12-/m00/s1. The maximum atomic E-state index is 13.0. The molecule has 4 bridgehead atoms. The quantitative estimate of drug-likeness (QED) is 0.296. The lowest BCUT2D eigenvalue weighted by Gasteiger charge is -2.37. The second kappa shape index (κ2) is 11.3. The van der Waals surface area contributed by atoms with E-state index in [2.05, 4.69) is 54.7 Å². The number of fused-ring (bicyclic) bond motifs is 8. The third-order valence-electron chi connectivity index (χ3n) is 8.81. The number of pyridine rings is 4. The molecule has 2 atom stereocenters. The van der Waals surface area contributed by atoms with Crippen molar-refractivity contribution >= 4 is 29.0 Å². The SMILES string of the molecule is Cc1ccc(-c2ccc3c(n2)N(C(=O)NC(C)(C)C)[C@H]2CCN3C2)cn1.Cc1ccc(-c2ccc3c(n2)N[C@H]2CCN3C2)cn1. The predicted octanol–water partition coefficient (Wildman–Crippen LogP) is 5.82. The number of aromatic nitrogens is 4. The molecule has 10 heteroatoms. The van der Waals surface area contributed by atoms with Crippen molar-refractivity contribution in [1.29, 1.82) is 0 Å². The second-order valence-corrected chi connectivity index (χ2v) is 13.5. The van der Waals surface area contributed by atoms with E-state index in [1.54, 1.807) is 0 Å². The summed E-state index contributed by atoms with van der Waals surface area (Å²) in [5, 5.41) is 6.63. The van der Waals surface area contributed by atoms with Crippen molar-refractivity contribution in [2.24, 2.45) is 0 Å². The molecular formula is C35H41N9O. The minimum Gasteiger partial charge on any atom is -0.366 e. The Bertz CT molecular complexity index is 1720. The van der Waals surface area contributed by atoms with E-state index in [0.717, 1.165) is 83.8 Å². The van der Waals surface area contributed by atoms with Crippen LogP contribution in [0.4, 0.5) is 27.8 Å². The number of hydrogen-bond acceptors (Lipinski definition) is 8. The van der Waals surface area contributed by atoms with E-state index in [4.69, 9.17) is 9.97 Å². The fourth-order valence-electron chi connectivity index (χ4n) is 6.52. The van der Waals surface area contributed by atoms with Crippen molar-refractivity contribution in [3.8, 4) is 22.5 Å². The Morgan fingerprint density at radius 3 is 2.07 bits per heavy atom. The number of carbonyl (C=O) groups excluding carboxylic acids is 1. The van der Waals surface area contributed by atoms with Gasteiger partial charge in [0.25, 0.3) is 0 Å². The zero-order valence-electron chi connectivity index (χ0n) is 26.7. The molecule has 8 heterocycles. The molecule has 2 N–H and O–H groups in total. The number of nitrogens with one attached hydrogen (secondary N) is 2. The van der Waals surface area contributed by atoms with Gasteiger partial charge in [0.15, 0.2) is 11.6 Å². The topological polar surface area (TPSA) is 102 Å². The van der Waals surface area contributed by atoms with E-state index in [9.17, 15) is 4.79 Å². The molecule has 0 saturated carbocycles. The van der Waals surface area contributed by atoms with Crippen molar-refractivity contribution in [3.05, 3.63) is 72.3 Å². The fraction of sp³-hybridized carbons (Fsp3) is 0.400. The Kier molecular flexibility index (Phi) is 7.30. The van der Waals surface area contributed by atoms with Crippen LogP contribution in [0.15, 0.2) is 60.9 Å². The van der Waals surface area contributed by atoms with Crippen molar-refractivity contribution < 1.29 is 4.79 Å². The molecule has 0 spiro atoms. The van der Waals surface area contributed by atoms with Crippen LogP contribution >= 0.6 is 0 Å². The summed E-state index contributed by atoms with van der Waals surface area (Å²) in [5.41, 5.74) is 7.85. The molecule has 45 heavy (non-hydrogen) atoms. The van der Waals surface area contributed by atoms with Crippen LogP contribution in [-0.2, 0) is 0 Å². The lowest BCUT2D eigenvalue weighted by Crippen LogP contribution is -2.54. The van der Waals surface area contributed by atoms with Gasteiger partial charge in [0.05, 0.1) is 28.8 Å². The van der Waals surface area contributed by atoms with E-state index in [1.165, 1.54) is 12.1 Å². The molecule has 2 saturated heterocycles. The van der Waals surface area contributed by atoms with Crippen LogP contribution in [0, 0.1) is 13.8 Å². The summed E-state index contributed by atoms with van der Waals surface area (Å²) in [7, 11) is 0. The van der Waals surface area contributed by atoms with Crippen LogP contribution in [0.2, 0.25) is 0 Å². The highest BCUT2D eigenvalue weighted by Gasteiger charge is 2.41. The number of hydrogen-bond donors (Lipinski definition) is 2. The molecule has 0 aliphatic carbocycles. The summed E-state index contributed by atoms with van der Waals surface area (Å²) in [6.07, 6.45) is 5.90. The number of carbonyl (C=O) groups is 1. The van der Waals surface area contributed by atoms with E-state index in [0.29, 0.717) is 6.04 Å². The first kappa shape index (κ1) is 29.0. The van der Waals surface area contributed by atoms with Crippen LogP contribution < -0.4 is 25.3 Å². The number of anilines is 4. The second-order valence-electron chi connectivity index (χ2n) is 13.5. The zero-order chi connectivity index (χ0) is 31.3. The smallest absolute Gasteiger partial charge is 0.323 e. The van der Waals surface area contributed by atoms with E-state index >= 15 is 0 Å². The Labute approximate surface area is 264 Å². The third-order valence-corrected chi connectivity index (χ3v) is 8.81. The molecule has 8 rings (SSSR count). The number of rotatable bonds is 2. The Hall–Kier alpha value is -4.73. The average molecular weight is 604 g/mol. The molecule has 0 aromatic carbocycles. The van der Waals surface area contributed by atoms with Gasteiger partial charge in [-0.1, -0.05) is 0 Å². The molecule has 0 unspecified atom stereocenters. The summed E-state index contributed by atoms with van der Waals surface area (Å²) >= 11 is 0. The van der Waals surface area contributed by atoms with Gasteiger partial charge in [0, 0.05) is 72.7 Å². The van der Waals surface area contributed by atoms with Crippen molar-refractivity contribution in [2.45, 2.75) is 65.1 Å². The van der Waals surface area contributed by atoms with Crippen LogP contribution in [-0.4, -0.2) is 69.8 Å². The van der Waals surface area contributed by atoms with Gasteiger partial charge in [0.1, 0.15) is 0 Å². The first-order chi connectivity index (χ1) is 21.6. The molecule has 4 aromatic rings.